The van der Waals surface area contributed by atoms with E-state index in [-0.39, 0.29) is 31.3 Å². The summed E-state index contributed by atoms with van der Waals surface area (Å²) in [5.41, 5.74) is 0.555. The Morgan fingerprint density at radius 3 is 2.64 bits per heavy atom. The van der Waals surface area contributed by atoms with Gasteiger partial charge in [0.2, 0.25) is 5.91 Å². The van der Waals surface area contributed by atoms with E-state index >= 15 is 0 Å². The average molecular weight is 304 g/mol. The van der Waals surface area contributed by atoms with Crippen molar-refractivity contribution in [1.29, 1.82) is 0 Å². The summed E-state index contributed by atoms with van der Waals surface area (Å²) in [4.78, 5) is 36.5. The molecule has 0 aromatic heterocycles. The second kappa shape index (κ2) is 7.59. The Kier molecular flexibility index (Phi) is 5.52. The number of nitrogens with one attached hydrogen (secondary N) is 1. The standard InChI is InChI=1S/C16H20N2O4/c19-14(18-10-4-7-13(11-18)16(21)22)8-9-17-15(20)12-5-2-1-3-6-12/h1-3,5-6,13H,4,7-11H2,(H,17,20)(H,21,22). The van der Waals surface area contributed by atoms with Crippen LogP contribution in [0.5, 0.6) is 0 Å². The number of nitrogens with zero attached hydrogens (tertiary/aromatic N) is 1. The average Bonchev–Trinajstić information content (AvgIpc) is 2.55. The Morgan fingerprint density at radius 2 is 1.95 bits per heavy atom. The Hall–Kier alpha value is -2.37. The lowest BCUT2D eigenvalue weighted by atomic mass is 9.98. The molecular formula is C16H20N2O4. The van der Waals surface area contributed by atoms with Crippen LogP contribution in [0.1, 0.15) is 29.6 Å². The lowest BCUT2D eigenvalue weighted by Crippen LogP contribution is -2.43. The van der Waals surface area contributed by atoms with Gasteiger partial charge >= 0.3 is 5.97 Å². The van der Waals surface area contributed by atoms with E-state index in [1.807, 2.05) is 6.07 Å². The highest BCUT2D eigenvalue weighted by molar-refractivity contribution is 5.94. The molecule has 1 aromatic carbocycles. The van der Waals surface area contributed by atoms with Gasteiger partial charge in [-0.05, 0) is 25.0 Å². The van der Waals surface area contributed by atoms with Crippen molar-refractivity contribution in [2.45, 2.75) is 19.3 Å². The number of benzene rings is 1. The maximum atomic E-state index is 12.1. The molecule has 118 valence electrons. The molecule has 1 saturated heterocycles. The van der Waals surface area contributed by atoms with Crippen LogP contribution < -0.4 is 5.32 Å². The molecule has 1 heterocycles. The molecule has 1 aliphatic rings. The molecule has 0 aliphatic carbocycles. The molecule has 1 unspecified atom stereocenters. The molecular weight excluding hydrogens is 284 g/mol. The molecule has 0 spiro atoms. The summed E-state index contributed by atoms with van der Waals surface area (Å²) in [6.45, 7) is 1.11. The van der Waals surface area contributed by atoms with Crippen LogP contribution in [0.4, 0.5) is 0 Å². The molecule has 22 heavy (non-hydrogen) atoms. The van der Waals surface area contributed by atoms with Gasteiger partial charge in [0.1, 0.15) is 0 Å². The fourth-order valence-electron chi connectivity index (χ4n) is 2.54. The summed E-state index contributed by atoms with van der Waals surface area (Å²) in [6.07, 6.45) is 1.51. The van der Waals surface area contributed by atoms with Crippen LogP contribution in [-0.4, -0.2) is 47.4 Å². The van der Waals surface area contributed by atoms with Crippen molar-refractivity contribution in [3.8, 4) is 0 Å². The highest BCUT2D eigenvalue weighted by Crippen LogP contribution is 2.17. The number of piperidine rings is 1. The first-order chi connectivity index (χ1) is 10.6. The third-order valence-electron chi connectivity index (χ3n) is 3.78. The van der Waals surface area contributed by atoms with E-state index in [0.29, 0.717) is 24.9 Å². The van der Waals surface area contributed by atoms with E-state index in [1.54, 1.807) is 29.2 Å². The Morgan fingerprint density at radius 1 is 1.23 bits per heavy atom. The molecule has 6 heteroatoms. The van der Waals surface area contributed by atoms with Gasteiger partial charge < -0.3 is 15.3 Å². The molecule has 6 nitrogen and oxygen atoms in total. The minimum absolute atomic E-state index is 0.112. The van der Waals surface area contributed by atoms with Gasteiger partial charge in [-0.15, -0.1) is 0 Å². The number of carbonyl (C=O) groups is 3. The lowest BCUT2D eigenvalue weighted by Gasteiger charge is -2.30. The number of aliphatic carboxylic acids is 1. The summed E-state index contributed by atoms with van der Waals surface area (Å²) in [5, 5.41) is 11.7. The van der Waals surface area contributed by atoms with Crippen LogP contribution in [0.2, 0.25) is 0 Å². The second-order valence-corrected chi connectivity index (χ2v) is 5.39. The smallest absolute Gasteiger partial charge is 0.308 e. The van der Waals surface area contributed by atoms with E-state index in [0.717, 1.165) is 0 Å². The molecule has 0 bridgehead atoms. The minimum atomic E-state index is -0.852. The lowest BCUT2D eigenvalue weighted by molar-refractivity contribution is -0.145. The number of carbonyl (C=O) groups excluding carboxylic acids is 2. The van der Waals surface area contributed by atoms with Crippen LogP contribution in [0.15, 0.2) is 30.3 Å². The number of carboxylic acid groups (broad SMARTS) is 1. The van der Waals surface area contributed by atoms with Gasteiger partial charge in [-0.1, -0.05) is 18.2 Å². The van der Waals surface area contributed by atoms with Gasteiger partial charge in [0.25, 0.3) is 5.91 Å². The molecule has 2 rings (SSSR count). The van der Waals surface area contributed by atoms with Crippen molar-refractivity contribution in [3.63, 3.8) is 0 Å². The number of amides is 2. The Bertz CT molecular complexity index is 544. The van der Waals surface area contributed by atoms with Gasteiger partial charge in [0.15, 0.2) is 0 Å². The predicted octanol–water partition coefficient (Wildman–Crippen LogP) is 1.13. The topological polar surface area (TPSA) is 86.7 Å². The summed E-state index contributed by atoms with van der Waals surface area (Å²) >= 11 is 0. The Balaban J connectivity index is 1.76. The molecule has 2 amide bonds. The zero-order valence-corrected chi connectivity index (χ0v) is 12.3. The normalized spacial score (nSPS) is 17.8. The van der Waals surface area contributed by atoms with Crippen molar-refractivity contribution in [1.82, 2.24) is 10.2 Å². The zero-order valence-electron chi connectivity index (χ0n) is 12.3. The van der Waals surface area contributed by atoms with E-state index in [9.17, 15) is 14.4 Å². The molecule has 1 aliphatic heterocycles. The number of rotatable bonds is 5. The van der Waals surface area contributed by atoms with Gasteiger partial charge in [-0.2, -0.15) is 0 Å². The van der Waals surface area contributed by atoms with Gasteiger partial charge in [-0.3, -0.25) is 14.4 Å². The molecule has 1 fully saturated rings. The molecule has 1 aromatic rings. The number of likely N-dealkylation sites (tertiary alicyclic amines) is 1. The first-order valence-corrected chi connectivity index (χ1v) is 7.42. The summed E-state index contributed by atoms with van der Waals surface area (Å²) < 4.78 is 0. The fourth-order valence-corrected chi connectivity index (χ4v) is 2.54. The maximum Gasteiger partial charge on any atom is 0.308 e. The minimum Gasteiger partial charge on any atom is -0.481 e. The van der Waals surface area contributed by atoms with E-state index in [1.165, 1.54) is 0 Å². The van der Waals surface area contributed by atoms with E-state index in [2.05, 4.69) is 5.32 Å². The van der Waals surface area contributed by atoms with E-state index < -0.39 is 11.9 Å². The highest BCUT2D eigenvalue weighted by atomic mass is 16.4. The third kappa shape index (κ3) is 4.31. The summed E-state index contributed by atoms with van der Waals surface area (Å²) in [5.74, 6) is -1.65. The van der Waals surface area contributed by atoms with Crippen LogP contribution >= 0.6 is 0 Å². The largest absolute Gasteiger partial charge is 0.481 e. The highest BCUT2D eigenvalue weighted by Gasteiger charge is 2.27. The van der Waals surface area contributed by atoms with Crippen molar-refractivity contribution in [3.05, 3.63) is 35.9 Å². The molecule has 2 N–H and O–H groups in total. The van der Waals surface area contributed by atoms with Crippen LogP contribution in [0.3, 0.4) is 0 Å². The molecule has 1 atom stereocenters. The van der Waals surface area contributed by atoms with Crippen molar-refractivity contribution < 1.29 is 19.5 Å². The zero-order chi connectivity index (χ0) is 15.9. The third-order valence-corrected chi connectivity index (χ3v) is 3.78. The van der Waals surface area contributed by atoms with Crippen molar-refractivity contribution in [2.75, 3.05) is 19.6 Å². The first-order valence-electron chi connectivity index (χ1n) is 7.42. The van der Waals surface area contributed by atoms with Gasteiger partial charge in [-0.25, -0.2) is 0 Å². The molecule has 0 radical (unpaired) electrons. The van der Waals surface area contributed by atoms with Crippen LogP contribution in [0.25, 0.3) is 0 Å². The molecule has 0 saturated carbocycles. The number of hydrogen-bond acceptors (Lipinski definition) is 3. The van der Waals surface area contributed by atoms with Gasteiger partial charge in [0, 0.05) is 31.6 Å². The predicted molar refractivity (Wildman–Crippen MR) is 80.3 cm³/mol. The summed E-state index contributed by atoms with van der Waals surface area (Å²) in [6, 6.07) is 8.80. The maximum absolute atomic E-state index is 12.1. The summed E-state index contributed by atoms with van der Waals surface area (Å²) in [7, 11) is 0. The monoisotopic (exact) mass is 304 g/mol. The SMILES string of the molecule is O=C(NCCC(=O)N1CCCC(C(=O)O)C1)c1ccccc1. The number of hydrogen-bond donors (Lipinski definition) is 2. The first kappa shape index (κ1) is 16.0. The second-order valence-electron chi connectivity index (χ2n) is 5.39. The quantitative estimate of drug-likeness (QED) is 0.853. The fraction of sp³-hybridized carbons (Fsp3) is 0.438. The van der Waals surface area contributed by atoms with Crippen LogP contribution in [0, 0.1) is 5.92 Å². The Labute approximate surface area is 129 Å². The van der Waals surface area contributed by atoms with Crippen molar-refractivity contribution >= 4 is 17.8 Å². The number of carboxylic acids is 1. The van der Waals surface area contributed by atoms with Crippen molar-refractivity contribution in [2.24, 2.45) is 5.92 Å². The van der Waals surface area contributed by atoms with Gasteiger partial charge in [0.05, 0.1) is 5.92 Å². The van der Waals surface area contributed by atoms with Crippen LogP contribution in [-0.2, 0) is 9.59 Å². The van der Waals surface area contributed by atoms with E-state index in [4.69, 9.17) is 5.11 Å².